The Bertz CT molecular complexity index is 657. The first-order chi connectivity index (χ1) is 10.2. The van der Waals surface area contributed by atoms with Crippen molar-refractivity contribution in [3.05, 3.63) is 58.9 Å². The van der Waals surface area contributed by atoms with Gasteiger partial charge >= 0.3 is 0 Å². The molecular weight excluding hydrogens is 269 g/mol. The summed E-state index contributed by atoms with van der Waals surface area (Å²) in [6.07, 6.45) is 0. The van der Waals surface area contributed by atoms with E-state index >= 15 is 0 Å². The first-order valence-electron chi connectivity index (χ1n) is 7.02. The summed E-state index contributed by atoms with van der Waals surface area (Å²) in [6, 6.07) is 11.1. The Morgan fingerprint density at radius 3 is 2.38 bits per heavy atom. The third-order valence-electron chi connectivity index (χ3n) is 3.72. The molecule has 1 aliphatic heterocycles. The smallest absolute Gasteiger partial charge is 0.161 e. The Hall–Kier alpha value is -2.07. The second-order valence-electron chi connectivity index (χ2n) is 5.13. The van der Waals surface area contributed by atoms with Gasteiger partial charge in [0.2, 0.25) is 0 Å². The van der Waals surface area contributed by atoms with E-state index in [1.807, 2.05) is 31.3 Å². The maximum atomic E-state index is 13.8. The maximum Gasteiger partial charge on any atom is 0.161 e. The molecule has 0 saturated heterocycles. The lowest BCUT2D eigenvalue weighted by molar-refractivity contribution is 0.171. The van der Waals surface area contributed by atoms with Crippen LogP contribution < -0.4 is 14.8 Å². The van der Waals surface area contributed by atoms with Gasteiger partial charge in [0.15, 0.2) is 11.5 Å². The first kappa shape index (κ1) is 13.9. The highest BCUT2D eigenvalue weighted by Crippen LogP contribution is 2.34. The Kier molecular flexibility index (Phi) is 3.80. The molecule has 1 atom stereocenters. The van der Waals surface area contributed by atoms with Crippen LogP contribution >= 0.6 is 0 Å². The second-order valence-corrected chi connectivity index (χ2v) is 5.13. The van der Waals surface area contributed by atoms with Crippen LogP contribution in [0.5, 0.6) is 11.5 Å². The lowest BCUT2D eigenvalue weighted by Crippen LogP contribution is -2.19. The van der Waals surface area contributed by atoms with Gasteiger partial charge in [-0.25, -0.2) is 4.39 Å². The average Bonchev–Trinajstić information content (AvgIpc) is 2.51. The van der Waals surface area contributed by atoms with Gasteiger partial charge in [0, 0.05) is 0 Å². The summed E-state index contributed by atoms with van der Waals surface area (Å²) >= 11 is 0. The molecule has 2 aromatic rings. The van der Waals surface area contributed by atoms with Crippen LogP contribution in [0, 0.1) is 12.7 Å². The minimum atomic E-state index is -0.190. The molecule has 0 aromatic heterocycles. The van der Waals surface area contributed by atoms with Crippen LogP contribution in [0.4, 0.5) is 4.39 Å². The molecule has 0 amide bonds. The van der Waals surface area contributed by atoms with Crippen molar-refractivity contribution in [2.24, 2.45) is 0 Å². The van der Waals surface area contributed by atoms with Gasteiger partial charge in [-0.3, -0.25) is 0 Å². The minimum absolute atomic E-state index is 0.0871. The number of ether oxygens (including phenoxy) is 2. The van der Waals surface area contributed by atoms with E-state index in [0.717, 1.165) is 22.6 Å². The number of hydrogen-bond acceptors (Lipinski definition) is 3. The fraction of sp³-hybridized carbons (Fsp3) is 0.294. The standard InChI is InChI=1S/C17H18FNO2/c1-11-3-4-12(9-14(11)18)17(19-2)13-5-6-15-16(10-13)21-8-7-20-15/h3-6,9-10,17,19H,7-8H2,1-2H3. The second kappa shape index (κ2) is 5.74. The first-order valence-corrected chi connectivity index (χ1v) is 7.02. The van der Waals surface area contributed by atoms with Gasteiger partial charge in [-0.05, 0) is 48.9 Å². The molecular formula is C17H18FNO2. The molecule has 1 unspecified atom stereocenters. The average molecular weight is 287 g/mol. The van der Waals surface area contributed by atoms with Crippen LogP contribution in [0.15, 0.2) is 36.4 Å². The Labute approximate surface area is 123 Å². The summed E-state index contributed by atoms with van der Waals surface area (Å²) in [5.41, 5.74) is 2.55. The normalized spacial score (nSPS) is 14.8. The molecule has 1 heterocycles. The van der Waals surface area contributed by atoms with E-state index in [-0.39, 0.29) is 11.9 Å². The van der Waals surface area contributed by atoms with Crippen molar-refractivity contribution in [2.75, 3.05) is 20.3 Å². The molecule has 0 fully saturated rings. The molecule has 1 N–H and O–H groups in total. The van der Waals surface area contributed by atoms with Crippen LogP contribution in [0.3, 0.4) is 0 Å². The Balaban J connectivity index is 1.97. The monoisotopic (exact) mass is 287 g/mol. The topological polar surface area (TPSA) is 30.5 Å². The van der Waals surface area contributed by atoms with Gasteiger partial charge in [-0.15, -0.1) is 0 Å². The highest BCUT2D eigenvalue weighted by atomic mass is 19.1. The summed E-state index contributed by atoms with van der Waals surface area (Å²) in [5, 5.41) is 3.23. The zero-order valence-electron chi connectivity index (χ0n) is 12.2. The van der Waals surface area contributed by atoms with Crippen molar-refractivity contribution in [3.8, 4) is 11.5 Å². The van der Waals surface area contributed by atoms with Crippen LogP contribution in [-0.2, 0) is 0 Å². The fourth-order valence-electron chi connectivity index (χ4n) is 2.55. The van der Waals surface area contributed by atoms with Crippen molar-refractivity contribution >= 4 is 0 Å². The van der Waals surface area contributed by atoms with Crippen molar-refractivity contribution in [2.45, 2.75) is 13.0 Å². The van der Waals surface area contributed by atoms with E-state index in [0.29, 0.717) is 18.8 Å². The molecule has 0 bridgehead atoms. The van der Waals surface area contributed by atoms with Gasteiger partial charge in [-0.1, -0.05) is 18.2 Å². The van der Waals surface area contributed by atoms with E-state index in [4.69, 9.17) is 9.47 Å². The molecule has 0 spiro atoms. The quantitative estimate of drug-likeness (QED) is 0.940. The van der Waals surface area contributed by atoms with E-state index in [2.05, 4.69) is 5.32 Å². The minimum Gasteiger partial charge on any atom is -0.486 e. The van der Waals surface area contributed by atoms with E-state index < -0.39 is 0 Å². The maximum absolute atomic E-state index is 13.8. The van der Waals surface area contributed by atoms with E-state index in [1.54, 1.807) is 19.1 Å². The molecule has 0 aliphatic carbocycles. The van der Waals surface area contributed by atoms with Crippen molar-refractivity contribution in [1.82, 2.24) is 5.32 Å². The molecule has 3 rings (SSSR count). The molecule has 0 saturated carbocycles. The highest BCUT2D eigenvalue weighted by Gasteiger charge is 2.18. The number of halogens is 1. The zero-order valence-corrected chi connectivity index (χ0v) is 12.2. The molecule has 110 valence electrons. The number of fused-ring (bicyclic) bond motifs is 1. The SMILES string of the molecule is CNC(c1ccc(C)c(F)c1)c1ccc2c(c1)OCCO2. The summed E-state index contributed by atoms with van der Waals surface area (Å²) in [7, 11) is 1.86. The highest BCUT2D eigenvalue weighted by molar-refractivity contribution is 5.46. The van der Waals surface area contributed by atoms with Crippen molar-refractivity contribution < 1.29 is 13.9 Å². The number of nitrogens with one attached hydrogen (secondary N) is 1. The summed E-state index contributed by atoms with van der Waals surface area (Å²) in [4.78, 5) is 0. The van der Waals surface area contributed by atoms with Gasteiger partial charge in [0.05, 0.1) is 6.04 Å². The van der Waals surface area contributed by atoms with Crippen LogP contribution in [0.1, 0.15) is 22.7 Å². The van der Waals surface area contributed by atoms with E-state index in [9.17, 15) is 4.39 Å². The molecule has 21 heavy (non-hydrogen) atoms. The molecule has 1 aliphatic rings. The number of hydrogen-bond donors (Lipinski definition) is 1. The molecule has 4 heteroatoms. The van der Waals surface area contributed by atoms with Crippen molar-refractivity contribution in [1.29, 1.82) is 0 Å². The Morgan fingerprint density at radius 2 is 1.67 bits per heavy atom. The largest absolute Gasteiger partial charge is 0.486 e. The molecule has 0 radical (unpaired) electrons. The predicted molar refractivity (Wildman–Crippen MR) is 79.5 cm³/mol. The van der Waals surface area contributed by atoms with Crippen LogP contribution in [0.2, 0.25) is 0 Å². The summed E-state index contributed by atoms with van der Waals surface area (Å²) in [5.74, 6) is 1.31. The van der Waals surface area contributed by atoms with Crippen molar-refractivity contribution in [3.63, 3.8) is 0 Å². The lowest BCUT2D eigenvalue weighted by Gasteiger charge is -2.22. The molecule has 2 aromatic carbocycles. The fourth-order valence-corrected chi connectivity index (χ4v) is 2.55. The number of benzene rings is 2. The third kappa shape index (κ3) is 2.72. The van der Waals surface area contributed by atoms with Gasteiger partial charge < -0.3 is 14.8 Å². The third-order valence-corrected chi connectivity index (χ3v) is 3.72. The summed E-state index contributed by atoms with van der Waals surface area (Å²) in [6.45, 7) is 2.89. The van der Waals surface area contributed by atoms with Gasteiger partial charge in [0.1, 0.15) is 19.0 Å². The zero-order chi connectivity index (χ0) is 14.8. The van der Waals surface area contributed by atoms with Crippen LogP contribution in [-0.4, -0.2) is 20.3 Å². The summed E-state index contributed by atoms with van der Waals surface area (Å²) < 4.78 is 24.9. The van der Waals surface area contributed by atoms with Gasteiger partial charge in [0.25, 0.3) is 0 Å². The lowest BCUT2D eigenvalue weighted by atomic mass is 9.97. The van der Waals surface area contributed by atoms with Crippen LogP contribution in [0.25, 0.3) is 0 Å². The van der Waals surface area contributed by atoms with Gasteiger partial charge in [-0.2, -0.15) is 0 Å². The number of rotatable bonds is 3. The predicted octanol–water partition coefficient (Wildman–Crippen LogP) is 3.21. The number of aryl methyl sites for hydroxylation is 1. The molecule has 3 nitrogen and oxygen atoms in total. The Morgan fingerprint density at radius 1 is 1.00 bits per heavy atom. The van der Waals surface area contributed by atoms with E-state index in [1.165, 1.54) is 0 Å².